The molecule has 7 nitrogen and oxygen atoms in total. The molecule has 2 aromatic carbocycles. The minimum absolute atomic E-state index is 0.0833. The van der Waals surface area contributed by atoms with E-state index in [0.717, 1.165) is 9.69 Å². The summed E-state index contributed by atoms with van der Waals surface area (Å²) in [4.78, 5) is 23.4. The highest BCUT2D eigenvalue weighted by Crippen LogP contribution is 2.41. The number of carbonyl (C=O) groups is 2. The van der Waals surface area contributed by atoms with Gasteiger partial charge in [0.2, 0.25) is 5.91 Å². The Balaban J connectivity index is 1.84. The number of sulfonamides is 1. The Hall–Kier alpha value is -2.61. The van der Waals surface area contributed by atoms with Crippen molar-refractivity contribution in [1.82, 2.24) is 5.32 Å². The number of benzene rings is 2. The van der Waals surface area contributed by atoms with Crippen molar-refractivity contribution in [1.29, 1.82) is 0 Å². The predicted octanol–water partition coefficient (Wildman–Crippen LogP) is 2.11. The van der Waals surface area contributed by atoms with Gasteiger partial charge in [0.1, 0.15) is 6.54 Å². The van der Waals surface area contributed by atoms with E-state index in [2.05, 4.69) is 5.32 Å². The summed E-state index contributed by atoms with van der Waals surface area (Å²) in [6.07, 6.45) is 0.163. The number of rotatable bonds is 6. The van der Waals surface area contributed by atoms with Crippen molar-refractivity contribution in [2.24, 2.45) is 0 Å². The summed E-state index contributed by atoms with van der Waals surface area (Å²) in [6, 6.07) is 10.3. The SMILES string of the molecule is CC(C)(CCC(=O)O)NC(=O)CN1c2cccc3cccc(c23)S1(=O)=O. The van der Waals surface area contributed by atoms with Gasteiger partial charge in [-0.15, -0.1) is 0 Å². The molecule has 3 rings (SSSR count). The van der Waals surface area contributed by atoms with Gasteiger partial charge in [0, 0.05) is 17.3 Å². The van der Waals surface area contributed by atoms with Crippen molar-refractivity contribution in [2.45, 2.75) is 37.1 Å². The van der Waals surface area contributed by atoms with E-state index in [1.54, 1.807) is 32.0 Å². The monoisotopic (exact) mass is 376 g/mol. The molecular weight excluding hydrogens is 356 g/mol. The molecule has 1 amide bonds. The largest absolute Gasteiger partial charge is 0.481 e. The number of nitrogens with zero attached hydrogens (tertiary/aromatic N) is 1. The van der Waals surface area contributed by atoms with Gasteiger partial charge in [-0.2, -0.15) is 0 Å². The van der Waals surface area contributed by atoms with Gasteiger partial charge in [-0.05, 0) is 37.8 Å². The summed E-state index contributed by atoms with van der Waals surface area (Å²) in [5.74, 6) is -1.43. The number of carbonyl (C=O) groups excluding carboxylic acids is 1. The molecule has 0 saturated carbocycles. The first-order chi connectivity index (χ1) is 12.1. The summed E-state index contributed by atoms with van der Waals surface area (Å²) in [7, 11) is -3.80. The molecule has 0 aliphatic carbocycles. The summed E-state index contributed by atoms with van der Waals surface area (Å²) in [6.45, 7) is 3.07. The number of anilines is 1. The molecule has 2 N–H and O–H groups in total. The van der Waals surface area contributed by atoms with Gasteiger partial charge in [0.05, 0.1) is 10.6 Å². The summed E-state index contributed by atoms with van der Waals surface area (Å²) in [5, 5.41) is 12.9. The Morgan fingerprint density at radius 2 is 1.81 bits per heavy atom. The van der Waals surface area contributed by atoms with Crippen LogP contribution in [0.15, 0.2) is 41.3 Å². The molecule has 138 valence electrons. The molecule has 0 spiro atoms. The molecule has 1 heterocycles. The minimum atomic E-state index is -3.80. The van der Waals surface area contributed by atoms with Crippen LogP contribution in [0.1, 0.15) is 26.7 Å². The van der Waals surface area contributed by atoms with Gasteiger partial charge in [-0.25, -0.2) is 8.42 Å². The number of aliphatic carboxylic acids is 1. The Labute approximate surface area is 151 Å². The van der Waals surface area contributed by atoms with E-state index in [9.17, 15) is 18.0 Å². The molecule has 0 radical (unpaired) electrons. The van der Waals surface area contributed by atoms with Crippen molar-refractivity contribution >= 4 is 38.4 Å². The van der Waals surface area contributed by atoms with Crippen LogP contribution < -0.4 is 9.62 Å². The van der Waals surface area contributed by atoms with E-state index in [-0.39, 0.29) is 24.3 Å². The second kappa shape index (κ2) is 6.28. The Morgan fingerprint density at radius 1 is 1.15 bits per heavy atom. The predicted molar refractivity (Wildman–Crippen MR) is 97.6 cm³/mol. The van der Waals surface area contributed by atoms with Crippen LogP contribution in [0, 0.1) is 0 Å². The molecule has 0 bridgehead atoms. The second-order valence-electron chi connectivity index (χ2n) is 6.97. The van der Waals surface area contributed by atoms with E-state index in [1.165, 1.54) is 6.07 Å². The lowest BCUT2D eigenvalue weighted by atomic mass is 9.98. The maximum absolute atomic E-state index is 12.8. The van der Waals surface area contributed by atoms with E-state index < -0.39 is 27.4 Å². The zero-order chi connectivity index (χ0) is 19.1. The van der Waals surface area contributed by atoms with Crippen molar-refractivity contribution in [3.05, 3.63) is 36.4 Å². The molecular formula is C18H20N2O5S. The average Bonchev–Trinajstić information content (AvgIpc) is 2.76. The molecule has 2 aromatic rings. The summed E-state index contributed by atoms with van der Waals surface area (Å²) < 4.78 is 26.8. The molecule has 26 heavy (non-hydrogen) atoms. The lowest BCUT2D eigenvalue weighted by Crippen LogP contribution is -2.48. The summed E-state index contributed by atoms with van der Waals surface area (Å²) >= 11 is 0. The van der Waals surface area contributed by atoms with Gasteiger partial charge in [0.25, 0.3) is 10.0 Å². The van der Waals surface area contributed by atoms with Gasteiger partial charge in [-0.3, -0.25) is 13.9 Å². The van der Waals surface area contributed by atoms with Crippen LogP contribution in [0.4, 0.5) is 5.69 Å². The molecule has 0 atom stereocenters. The number of carboxylic acids is 1. The number of nitrogens with one attached hydrogen (secondary N) is 1. The maximum atomic E-state index is 12.8. The normalized spacial score (nSPS) is 15.2. The van der Waals surface area contributed by atoms with E-state index in [0.29, 0.717) is 11.1 Å². The van der Waals surface area contributed by atoms with Crippen molar-refractivity contribution in [2.75, 3.05) is 10.8 Å². The van der Waals surface area contributed by atoms with Gasteiger partial charge >= 0.3 is 5.97 Å². The first-order valence-electron chi connectivity index (χ1n) is 8.19. The van der Waals surface area contributed by atoms with Crippen LogP contribution >= 0.6 is 0 Å². The molecule has 0 saturated heterocycles. The topological polar surface area (TPSA) is 104 Å². The first kappa shape index (κ1) is 18.2. The van der Waals surface area contributed by atoms with Gasteiger partial charge in [-0.1, -0.05) is 24.3 Å². The van der Waals surface area contributed by atoms with Crippen LogP contribution in [0.25, 0.3) is 10.8 Å². The maximum Gasteiger partial charge on any atom is 0.303 e. The fourth-order valence-corrected chi connectivity index (χ4v) is 4.82. The number of amides is 1. The number of carboxylic acid groups (broad SMARTS) is 1. The lowest BCUT2D eigenvalue weighted by molar-refractivity contribution is -0.137. The highest BCUT2D eigenvalue weighted by atomic mass is 32.2. The smallest absolute Gasteiger partial charge is 0.303 e. The third-order valence-electron chi connectivity index (χ3n) is 4.41. The van der Waals surface area contributed by atoms with Crippen molar-refractivity contribution < 1.29 is 23.1 Å². The first-order valence-corrected chi connectivity index (χ1v) is 9.63. The van der Waals surface area contributed by atoms with Crippen LogP contribution in [0.5, 0.6) is 0 Å². The highest BCUT2D eigenvalue weighted by Gasteiger charge is 2.37. The van der Waals surface area contributed by atoms with E-state index in [1.807, 2.05) is 12.1 Å². The molecule has 1 aliphatic heterocycles. The summed E-state index contributed by atoms with van der Waals surface area (Å²) in [5.41, 5.74) is -0.269. The van der Waals surface area contributed by atoms with Gasteiger partial charge < -0.3 is 10.4 Å². The third-order valence-corrected chi connectivity index (χ3v) is 6.21. The zero-order valence-corrected chi connectivity index (χ0v) is 15.3. The van der Waals surface area contributed by atoms with E-state index >= 15 is 0 Å². The minimum Gasteiger partial charge on any atom is -0.481 e. The van der Waals surface area contributed by atoms with Crippen LogP contribution in [0.2, 0.25) is 0 Å². The molecule has 8 heteroatoms. The van der Waals surface area contributed by atoms with Crippen LogP contribution in [0.3, 0.4) is 0 Å². The van der Waals surface area contributed by atoms with Crippen molar-refractivity contribution in [3.63, 3.8) is 0 Å². The average molecular weight is 376 g/mol. The molecule has 1 aliphatic rings. The van der Waals surface area contributed by atoms with E-state index in [4.69, 9.17) is 5.11 Å². The zero-order valence-electron chi connectivity index (χ0n) is 14.5. The Morgan fingerprint density at radius 3 is 2.46 bits per heavy atom. The highest BCUT2D eigenvalue weighted by molar-refractivity contribution is 7.93. The fourth-order valence-electron chi connectivity index (χ4n) is 3.16. The van der Waals surface area contributed by atoms with Crippen LogP contribution in [-0.4, -0.2) is 37.5 Å². The Kier molecular flexibility index (Phi) is 4.39. The molecule has 0 fully saturated rings. The number of hydrogen-bond donors (Lipinski definition) is 2. The fraction of sp³-hybridized carbons (Fsp3) is 0.333. The quantitative estimate of drug-likeness (QED) is 0.804. The third kappa shape index (κ3) is 3.24. The molecule has 0 unspecified atom stereocenters. The Bertz CT molecular complexity index is 993. The lowest BCUT2D eigenvalue weighted by Gasteiger charge is -2.27. The van der Waals surface area contributed by atoms with Crippen LogP contribution in [-0.2, 0) is 19.6 Å². The van der Waals surface area contributed by atoms with Gasteiger partial charge in [0.15, 0.2) is 0 Å². The standard InChI is InChI=1S/C18H20N2O5S/c1-18(2,10-9-16(22)23)19-15(21)11-20-13-7-3-5-12-6-4-8-14(17(12)13)26(20,24)25/h3-8H,9-11H2,1-2H3,(H,19,21)(H,22,23). The number of hydrogen-bond acceptors (Lipinski definition) is 4. The molecule has 0 aromatic heterocycles. The van der Waals surface area contributed by atoms with Crippen molar-refractivity contribution in [3.8, 4) is 0 Å². The second-order valence-corrected chi connectivity index (χ2v) is 8.80.